The lowest BCUT2D eigenvalue weighted by Gasteiger charge is -2.14. The fraction of sp³-hybridized carbons (Fsp3) is 0.600. The number of nitrogens with zero attached hydrogens (tertiary/aromatic N) is 1. The summed E-state index contributed by atoms with van der Waals surface area (Å²) in [7, 11) is 1.73. The Morgan fingerprint density at radius 2 is 2.22 bits per heavy atom. The van der Waals surface area contributed by atoms with Crippen molar-refractivity contribution in [2.45, 2.75) is 19.9 Å². The maximum absolute atomic E-state index is 5.35. The molecule has 1 atom stereocenters. The number of para-hydroxylation sites is 1. The summed E-state index contributed by atoms with van der Waals surface area (Å²) in [5.74, 6) is 1.78. The SMILES string of the molecule is CCN1CC[C@@H](CNCc2ccccc2OC)C1. The molecule has 0 aliphatic carbocycles. The topological polar surface area (TPSA) is 24.5 Å². The third kappa shape index (κ3) is 3.47. The second-order valence-corrected chi connectivity index (χ2v) is 4.99. The molecular weight excluding hydrogens is 224 g/mol. The van der Waals surface area contributed by atoms with Crippen molar-refractivity contribution < 1.29 is 4.74 Å². The van der Waals surface area contributed by atoms with E-state index in [1.165, 1.54) is 31.6 Å². The Hall–Kier alpha value is -1.06. The molecule has 0 saturated carbocycles. The van der Waals surface area contributed by atoms with E-state index >= 15 is 0 Å². The number of ether oxygens (including phenoxy) is 1. The van der Waals surface area contributed by atoms with Gasteiger partial charge in [0.2, 0.25) is 0 Å². The molecule has 1 saturated heterocycles. The highest BCUT2D eigenvalue weighted by Crippen LogP contribution is 2.18. The molecule has 0 aromatic heterocycles. The smallest absolute Gasteiger partial charge is 0.123 e. The predicted molar refractivity (Wildman–Crippen MR) is 74.9 cm³/mol. The lowest BCUT2D eigenvalue weighted by molar-refractivity contribution is 0.338. The number of hydrogen-bond acceptors (Lipinski definition) is 3. The van der Waals surface area contributed by atoms with E-state index in [1.807, 2.05) is 12.1 Å². The Morgan fingerprint density at radius 3 is 2.94 bits per heavy atom. The summed E-state index contributed by atoms with van der Waals surface area (Å²) in [5.41, 5.74) is 1.24. The first kappa shape index (κ1) is 13.4. The Kier molecular flexibility index (Phi) is 5.02. The molecule has 0 radical (unpaired) electrons. The lowest BCUT2D eigenvalue weighted by atomic mass is 10.1. The summed E-state index contributed by atoms with van der Waals surface area (Å²) in [5, 5.41) is 3.56. The molecular formula is C15H24N2O. The first-order valence-corrected chi connectivity index (χ1v) is 6.88. The zero-order chi connectivity index (χ0) is 12.8. The molecule has 1 N–H and O–H groups in total. The fourth-order valence-corrected chi connectivity index (χ4v) is 2.63. The van der Waals surface area contributed by atoms with E-state index in [9.17, 15) is 0 Å². The van der Waals surface area contributed by atoms with E-state index in [-0.39, 0.29) is 0 Å². The van der Waals surface area contributed by atoms with Gasteiger partial charge in [0.05, 0.1) is 7.11 Å². The van der Waals surface area contributed by atoms with E-state index in [4.69, 9.17) is 4.74 Å². The molecule has 0 bridgehead atoms. The van der Waals surface area contributed by atoms with Crippen molar-refractivity contribution in [1.29, 1.82) is 0 Å². The molecule has 0 amide bonds. The second kappa shape index (κ2) is 6.76. The summed E-state index contributed by atoms with van der Waals surface area (Å²) in [4.78, 5) is 2.52. The molecule has 18 heavy (non-hydrogen) atoms. The molecule has 0 spiro atoms. The molecule has 0 unspecified atom stereocenters. The normalized spacial score (nSPS) is 20.2. The van der Waals surface area contributed by atoms with Gasteiger partial charge >= 0.3 is 0 Å². The maximum atomic E-state index is 5.35. The van der Waals surface area contributed by atoms with Crippen LogP contribution in [0.4, 0.5) is 0 Å². The van der Waals surface area contributed by atoms with E-state index in [2.05, 4.69) is 29.3 Å². The summed E-state index contributed by atoms with van der Waals surface area (Å²) in [6.07, 6.45) is 1.33. The summed E-state index contributed by atoms with van der Waals surface area (Å²) in [6, 6.07) is 8.22. The van der Waals surface area contributed by atoms with Gasteiger partial charge in [-0.1, -0.05) is 25.1 Å². The molecule has 1 aliphatic rings. The van der Waals surface area contributed by atoms with Crippen LogP contribution in [0.25, 0.3) is 0 Å². The molecule has 1 heterocycles. The Bertz CT molecular complexity index is 367. The van der Waals surface area contributed by atoms with Crippen molar-refractivity contribution in [2.75, 3.05) is 33.3 Å². The average molecular weight is 248 g/mol. The highest BCUT2D eigenvalue weighted by Gasteiger charge is 2.20. The van der Waals surface area contributed by atoms with Gasteiger partial charge in [-0.05, 0) is 38.0 Å². The van der Waals surface area contributed by atoms with Gasteiger partial charge in [0.1, 0.15) is 5.75 Å². The highest BCUT2D eigenvalue weighted by atomic mass is 16.5. The lowest BCUT2D eigenvalue weighted by Crippen LogP contribution is -2.26. The van der Waals surface area contributed by atoms with Crippen LogP contribution in [0.15, 0.2) is 24.3 Å². The monoisotopic (exact) mass is 248 g/mol. The maximum Gasteiger partial charge on any atom is 0.123 e. The Morgan fingerprint density at radius 1 is 1.39 bits per heavy atom. The predicted octanol–water partition coefficient (Wildman–Crippen LogP) is 2.13. The van der Waals surface area contributed by atoms with Gasteiger partial charge in [-0.3, -0.25) is 0 Å². The quantitative estimate of drug-likeness (QED) is 0.834. The molecule has 3 heteroatoms. The van der Waals surface area contributed by atoms with Gasteiger partial charge in [0.25, 0.3) is 0 Å². The highest BCUT2D eigenvalue weighted by molar-refractivity contribution is 5.32. The standard InChI is InChI=1S/C15H24N2O/c1-3-17-9-8-13(12-17)10-16-11-14-6-4-5-7-15(14)18-2/h4-7,13,16H,3,8-12H2,1-2H3/t13-/m0/s1. The fourth-order valence-electron chi connectivity index (χ4n) is 2.63. The molecule has 2 rings (SSSR count). The van der Waals surface area contributed by atoms with Crippen molar-refractivity contribution >= 4 is 0 Å². The van der Waals surface area contributed by atoms with E-state index in [1.54, 1.807) is 7.11 Å². The largest absolute Gasteiger partial charge is 0.496 e. The Labute approximate surface area is 110 Å². The van der Waals surface area contributed by atoms with Crippen LogP contribution in [0.5, 0.6) is 5.75 Å². The van der Waals surface area contributed by atoms with Gasteiger partial charge in [-0.2, -0.15) is 0 Å². The number of methoxy groups -OCH3 is 1. The van der Waals surface area contributed by atoms with Crippen molar-refractivity contribution in [3.63, 3.8) is 0 Å². The first-order valence-electron chi connectivity index (χ1n) is 6.88. The zero-order valence-corrected chi connectivity index (χ0v) is 11.5. The van der Waals surface area contributed by atoms with Crippen LogP contribution >= 0.6 is 0 Å². The van der Waals surface area contributed by atoms with Crippen molar-refractivity contribution in [1.82, 2.24) is 10.2 Å². The van der Waals surface area contributed by atoms with Crippen LogP contribution in [-0.2, 0) is 6.54 Å². The van der Waals surface area contributed by atoms with Crippen molar-refractivity contribution in [3.8, 4) is 5.75 Å². The van der Waals surface area contributed by atoms with Crippen LogP contribution in [0.2, 0.25) is 0 Å². The van der Waals surface area contributed by atoms with E-state index in [0.29, 0.717) is 0 Å². The molecule has 1 aromatic rings. The summed E-state index contributed by atoms with van der Waals surface area (Å²) in [6.45, 7) is 7.93. The van der Waals surface area contributed by atoms with Gasteiger partial charge in [-0.25, -0.2) is 0 Å². The third-order valence-electron chi connectivity index (χ3n) is 3.76. The molecule has 3 nitrogen and oxygen atoms in total. The second-order valence-electron chi connectivity index (χ2n) is 4.99. The van der Waals surface area contributed by atoms with Crippen LogP contribution < -0.4 is 10.1 Å². The molecule has 100 valence electrons. The number of rotatable bonds is 6. The van der Waals surface area contributed by atoms with Gasteiger partial charge < -0.3 is 15.0 Å². The van der Waals surface area contributed by atoms with Gasteiger partial charge in [0, 0.05) is 18.7 Å². The van der Waals surface area contributed by atoms with E-state index in [0.717, 1.165) is 24.8 Å². The minimum absolute atomic E-state index is 0.805. The van der Waals surface area contributed by atoms with Crippen LogP contribution in [0, 0.1) is 5.92 Å². The zero-order valence-electron chi connectivity index (χ0n) is 11.5. The minimum Gasteiger partial charge on any atom is -0.496 e. The van der Waals surface area contributed by atoms with Crippen LogP contribution in [0.1, 0.15) is 18.9 Å². The van der Waals surface area contributed by atoms with Gasteiger partial charge in [0.15, 0.2) is 0 Å². The first-order chi connectivity index (χ1) is 8.83. The number of likely N-dealkylation sites (tertiary alicyclic amines) is 1. The van der Waals surface area contributed by atoms with Crippen LogP contribution in [-0.4, -0.2) is 38.2 Å². The number of nitrogens with one attached hydrogen (secondary N) is 1. The minimum atomic E-state index is 0.805. The number of benzene rings is 1. The molecule has 1 fully saturated rings. The third-order valence-corrected chi connectivity index (χ3v) is 3.76. The van der Waals surface area contributed by atoms with Crippen molar-refractivity contribution in [2.24, 2.45) is 5.92 Å². The summed E-state index contributed by atoms with van der Waals surface area (Å²) >= 11 is 0. The Balaban J connectivity index is 1.75. The number of hydrogen-bond donors (Lipinski definition) is 1. The summed E-state index contributed by atoms with van der Waals surface area (Å²) < 4.78 is 5.35. The van der Waals surface area contributed by atoms with Crippen LogP contribution in [0.3, 0.4) is 0 Å². The molecule has 1 aromatic carbocycles. The molecule has 1 aliphatic heterocycles. The van der Waals surface area contributed by atoms with E-state index < -0.39 is 0 Å². The van der Waals surface area contributed by atoms with Gasteiger partial charge in [-0.15, -0.1) is 0 Å². The van der Waals surface area contributed by atoms with Crippen molar-refractivity contribution in [3.05, 3.63) is 29.8 Å². The average Bonchev–Trinajstić information content (AvgIpc) is 2.87.